The van der Waals surface area contributed by atoms with Crippen molar-refractivity contribution in [3.63, 3.8) is 0 Å². The molecule has 0 aromatic carbocycles. The number of nitrogen functional groups attached to an aromatic ring is 1. The van der Waals surface area contributed by atoms with Gasteiger partial charge >= 0.3 is 0 Å². The van der Waals surface area contributed by atoms with Gasteiger partial charge < -0.3 is 10.2 Å². The van der Waals surface area contributed by atoms with Crippen molar-refractivity contribution in [3.05, 3.63) is 17.8 Å². The van der Waals surface area contributed by atoms with E-state index in [-0.39, 0.29) is 11.8 Å². The summed E-state index contributed by atoms with van der Waals surface area (Å²) in [6, 6.07) is 0. The summed E-state index contributed by atoms with van der Waals surface area (Å²) in [6.45, 7) is 3.94. The fraction of sp³-hybridized carbons (Fsp3) is 0.429. The minimum atomic E-state index is -0.0550. The molecule has 0 aliphatic heterocycles. The molecule has 0 unspecified atom stereocenters. The lowest BCUT2D eigenvalue weighted by molar-refractivity contribution is 0.471. The summed E-state index contributed by atoms with van der Waals surface area (Å²) >= 11 is 0. The molecule has 0 bridgehead atoms. The normalized spacial score (nSPS) is 10.5. The summed E-state index contributed by atoms with van der Waals surface area (Å²) < 4.78 is 5.06. The zero-order valence-electron chi connectivity index (χ0n) is 6.59. The van der Waals surface area contributed by atoms with Gasteiger partial charge in [0, 0.05) is 5.92 Å². The number of hydrogen-bond acceptors (Lipinski definition) is 3. The molecule has 1 heterocycles. The third-order valence-corrected chi connectivity index (χ3v) is 1.29. The van der Waals surface area contributed by atoms with Crippen molar-refractivity contribution in [1.82, 2.24) is 4.98 Å². The van der Waals surface area contributed by atoms with Crippen LogP contribution in [-0.4, -0.2) is 10.8 Å². The Kier molecular flexibility index (Phi) is 1.94. The fourth-order valence-electron chi connectivity index (χ4n) is 0.677. The van der Waals surface area contributed by atoms with E-state index in [4.69, 9.17) is 15.6 Å². The van der Waals surface area contributed by atoms with Gasteiger partial charge in [-0.2, -0.15) is 0 Å². The van der Waals surface area contributed by atoms with E-state index in [1.54, 1.807) is 0 Å². The summed E-state index contributed by atoms with van der Waals surface area (Å²) in [6.07, 6.45) is 1.40. The first-order valence-corrected chi connectivity index (χ1v) is 3.41. The van der Waals surface area contributed by atoms with Gasteiger partial charge in [-0.3, -0.25) is 5.41 Å². The van der Waals surface area contributed by atoms with Gasteiger partial charge in [0.25, 0.3) is 0 Å². The van der Waals surface area contributed by atoms with Crippen molar-refractivity contribution >= 4 is 5.84 Å². The highest BCUT2D eigenvalue weighted by Crippen LogP contribution is 2.12. The van der Waals surface area contributed by atoms with E-state index in [9.17, 15) is 0 Å². The Bertz CT molecular complexity index is 264. The van der Waals surface area contributed by atoms with Gasteiger partial charge in [0.1, 0.15) is 17.8 Å². The molecule has 4 nitrogen and oxygen atoms in total. The Morgan fingerprint density at radius 2 is 2.36 bits per heavy atom. The van der Waals surface area contributed by atoms with E-state index in [0.29, 0.717) is 11.6 Å². The number of aromatic nitrogens is 1. The smallest absolute Gasteiger partial charge is 0.197 e. The molecule has 0 amide bonds. The minimum Gasteiger partial charge on any atom is -0.448 e. The second-order valence-electron chi connectivity index (χ2n) is 2.64. The lowest BCUT2D eigenvalue weighted by Crippen LogP contribution is -2.11. The third-order valence-electron chi connectivity index (χ3n) is 1.29. The molecule has 1 aromatic rings. The van der Waals surface area contributed by atoms with Crippen LogP contribution in [0.15, 0.2) is 10.7 Å². The van der Waals surface area contributed by atoms with Crippen molar-refractivity contribution in [1.29, 1.82) is 5.41 Å². The Morgan fingerprint density at radius 3 is 2.64 bits per heavy atom. The van der Waals surface area contributed by atoms with Crippen LogP contribution in [-0.2, 0) is 0 Å². The van der Waals surface area contributed by atoms with E-state index < -0.39 is 0 Å². The van der Waals surface area contributed by atoms with Crippen molar-refractivity contribution in [2.75, 3.05) is 0 Å². The first-order chi connectivity index (χ1) is 5.11. The first kappa shape index (κ1) is 7.78. The maximum absolute atomic E-state index is 7.04. The van der Waals surface area contributed by atoms with E-state index in [0.717, 1.165) is 0 Å². The van der Waals surface area contributed by atoms with Gasteiger partial charge in [0.15, 0.2) is 5.89 Å². The van der Waals surface area contributed by atoms with Crippen LogP contribution < -0.4 is 5.73 Å². The summed E-state index contributed by atoms with van der Waals surface area (Å²) in [5.74, 6) is 0.805. The van der Waals surface area contributed by atoms with Gasteiger partial charge in [-0.25, -0.2) is 4.98 Å². The largest absolute Gasteiger partial charge is 0.448 e. The van der Waals surface area contributed by atoms with E-state index in [1.807, 2.05) is 13.8 Å². The van der Waals surface area contributed by atoms with Gasteiger partial charge in [-0.05, 0) is 0 Å². The molecule has 1 rings (SSSR count). The van der Waals surface area contributed by atoms with Crippen LogP contribution in [0.4, 0.5) is 0 Å². The monoisotopic (exact) mass is 153 g/mol. The van der Waals surface area contributed by atoms with Crippen LogP contribution in [0.5, 0.6) is 0 Å². The predicted octanol–water partition coefficient (Wildman–Crippen LogP) is 1.08. The maximum atomic E-state index is 7.04. The summed E-state index contributed by atoms with van der Waals surface area (Å²) in [7, 11) is 0. The van der Waals surface area contributed by atoms with Crippen molar-refractivity contribution < 1.29 is 4.42 Å². The summed E-state index contributed by atoms with van der Waals surface area (Å²) in [5, 5.41) is 7.04. The van der Waals surface area contributed by atoms with Gasteiger partial charge in [-0.15, -0.1) is 0 Å². The Balaban J connectivity index is 2.90. The molecule has 3 N–H and O–H groups in total. The Labute approximate surface area is 64.9 Å². The number of nitrogens with one attached hydrogen (secondary N) is 1. The van der Waals surface area contributed by atoms with E-state index in [1.165, 1.54) is 6.26 Å². The number of amidine groups is 1. The van der Waals surface area contributed by atoms with E-state index >= 15 is 0 Å². The molecule has 60 valence electrons. The molecule has 0 radical (unpaired) electrons. The van der Waals surface area contributed by atoms with Crippen molar-refractivity contribution in [2.24, 2.45) is 5.73 Å². The molecule has 0 saturated carbocycles. The van der Waals surface area contributed by atoms with Crippen LogP contribution in [0.3, 0.4) is 0 Å². The molecule has 0 saturated heterocycles. The van der Waals surface area contributed by atoms with Crippen LogP contribution >= 0.6 is 0 Å². The van der Waals surface area contributed by atoms with Crippen molar-refractivity contribution in [2.45, 2.75) is 19.8 Å². The number of hydrogen-bond donors (Lipinski definition) is 2. The first-order valence-electron chi connectivity index (χ1n) is 3.41. The SMILES string of the molecule is CC(C)c1nc(C(=N)N)co1. The lowest BCUT2D eigenvalue weighted by atomic mass is 10.2. The standard InChI is InChI=1S/C7H11N3O/c1-4(2)7-10-5(3-11-7)6(8)9/h3-4H,1-2H3,(H3,8,9). The number of rotatable bonds is 2. The molecule has 0 aliphatic carbocycles. The second kappa shape index (κ2) is 2.74. The second-order valence-corrected chi connectivity index (χ2v) is 2.64. The molecule has 11 heavy (non-hydrogen) atoms. The molecular formula is C7H11N3O. The molecule has 0 aliphatic rings. The van der Waals surface area contributed by atoms with Gasteiger partial charge in [0.2, 0.25) is 0 Å². The zero-order valence-corrected chi connectivity index (χ0v) is 6.59. The summed E-state index contributed by atoms with van der Waals surface area (Å²) in [4.78, 5) is 3.99. The summed E-state index contributed by atoms with van der Waals surface area (Å²) in [5.41, 5.74) is 5.60. The molecule has 1 aromatic heterocycles. The van der Waals surface area contributed by atoms with Gasteiger partial charge in [-0.1, -0.05) is 13.8 Å². The van der Waals surface area contributed by atoms with E-state index in [2.05, 4.69) is 4.98 Å². The number of oxazole rings is 1. The quantitative estimate of drug-likeness (QED) is 0.493. The van der Waals surface area contributed by atoms with Gasteiger partial charge in [0.05, 0.1) is 0 Å². The average Bonchev–Trinajstić information content (AvgIpc) is 2.33. The van der Waals surface area contributed by atoms with Crippen LogP contribution in [0.1, 0.15) is 31.4 Å². The zero-order chi connectivity index (χ0) is 8.43. The third kappa shape index (κ3) is 1.58. The average molecular weight is 153 g/mol. The molecular weight excluding hydrogens is 142 g/mol. The molecule has 4 heteroatoms. The molecule has 0 atom stereocenters. The highest BCUT2D eigenvalue weighted by atomic mass is 16.3. The Hall–Kier alpha value is -1.32. The topological polar surface area (TPSA) is 75.9 Å². The van der Waals surface area contributed by atoms with Crippen LogP contribution in [0, 0.1) is 5.41 Å². The fourth-order valence-corrected chi connectivity index (χ4v) is 0.677. The van der Waals surface area contributed by atoms with Crippen LogP contribution in [0.25, 0.3) is 0 Å². The minimum absolute atomic E-state index is 0.0550. The number of nitrogens with two attached hydrogens (primary N) is 1. The highest BCUT2D eigenvalue weighted by Gasteiger charge is 2.08. The molecule has 0 fully saturated rings. The highest BCUT2D eigenvalue weighted by molar-refractivity contribution is 5.92. The maximum Gasteiger partial charge on any atom is 0.197 e. The van der Waals surface area contributed by atoms with Crippen molar-refractivity contribution in [3.8, 4) is 0 Å². The lowest BCUT2D eigenvalue weighted by Gasteiger charge is -1.93. The van der Waals surface area contributed by atoms with Crippen LogP contribution in [0.2, 0.25) is 0 Å². The molecule has 0 spiro atoms. The predicted molar refractivity (Wildman–Crippen MR) is 41.6 cm³/mol. The number of nitrogens with zero attached hydrogens (tertiary/aromatic N) is 1. The Morgan fingerprint density at radius 1 is 1.73 bits per heavy atom.